The van der Waals surface area contributed by atoms with Crippen molar-refractivity contribution in [1.82, 2.24) is 10.2 Å². The fourth-order valence-corrected chi connectivity index (χ4v) is 4.38. The number of nitrogens with zero attached hydrogens (tertiary/aromatic N) is 1. The molecule has 1 aromatic carbocycles. The molecule has 0 saturated carbocycles. The van der Waals surface area contributed by atoms with Crippen LogP contribution in [0.4, 0.5) is 0 Å². The Hall–Kier alpha value is -2.32. The van der Waals surface area contributed by atoms with E-state index in [0.29, 0.717) is 16.9 Å². The van der Waals surface area contributed by atoms with E-state index in [-0.39, 0.29) is 24.1 Å². The lowest BCUT2D eigenvalue weighted by molar-refractivity contribution is -0.158. The van der Waals surface area contributed by atoms with Gasteiger partial charge in [-0.2, -0.15) is 0 Å². The number of fused-ring (bicyclic) bond motifs is 1. The number of esters is 1. The summed E-state index contributed by atoms with van der Waals surface area (Å²) in [5.74, 6) is -0.978. The van der Waals surface area contributed by atoms with Crippen LogP contribution in [0.2, 0.25) is 0 Å². The van der Waals surface area contributed by atoms with Gasteiger partial charge in [0.1, 0.15) is 22.7 Å². The van der Waals surface area contributed by atoms with E-state index in [1.54, 1.807) is 32.9 Å². The van der Waals surface area contributed by atoms with Gasteiger partial charge in [-0.25, -0.2) is 4.79 Å². The summed E-state index contributed by atoms with van der Waals surface area (Å²) in [5.41, 5.74) is 1.32. The van der Waals surface area contributed by atoms with Crippen LogP contribution in [0.3, 0.4) is 0 Å². The highest BCUT2D eigenvalue weighted by Gasteiger charge is 2.54. The molecule has 1 fully saturated rings. The van der Waals surface area contributed by atoms with Crippen molar-refractivity contribution in [2.75, 3.05) is 12.4 Å². The molecule has 0 aliphatic carbocycles. The number of aliphatic hydroxyl groups is 1. The molecule has 2 atom stereocenters. The molecule has 0 spiro atoms. The van der Waals surface area contributed by atoms with Crippen molar-refractivity contribution >= 4 is 29.5 Å². The smallest absolute Gasteiger partial charge is 0.355 e. The third-order valence-corrected chi connectivity index (χ3v) is 5.77. The van der Waals surface area contributed by atoms with Crippen molar-refractivity contribution in [2.45, 2.75) is 44.7 Å². The van der Waals surface area contributed by atoms with Gasteiger partial charge in [-0.15, -0.1) is 11.8 Å². The first-order chi connectivity index (χ1) is 13.1. The zero-order valence-electron chi connectivity index (χ0n) is 16.3. The highest BCUT2D eigenvalue weighted by atomic mass is 32.2. The van der Waals surface area contributed by atoms with Gasteiger partial charge in [0.15, 0.2) is 0 Å². The summed E-state index contributed by atoms with van der Waals surface area (Å²) >= 11 is 1.40. The maximum Gasteiger partial charge on any atom is 0.355 e. The summed E-state index contributed by atoms with van der Waals surface area (Å²) in [4.78, 5) is 39.1. The van der Waals surface area contributed by atoms with Gasteiger partial charge in [-0.3, -0.25) is 14.5 Å². The van der Waals surface area contributed by atoms with Crippen LogP contribution in [0.25, 0.3) is 0 Å². The number of benzene rings is 1. The Morgan fingerprint density at radius 3 is 2.50 bits per heavy atom. The van der Waals surface area contributed by atoms with Crippen LogP contribution >= 0.6 is 11.8 Å². The Balaban J connectivity index is 1.77. The van der Waals surface area contributed by atoms with Crippen molar-refractivity contribution in [3.8, 4) is 0 Å². The van der Waals surface area contributed by atoms with Crippen LogP contribution in [0.15, 0.2) is 35.5 Å². The standard InChI is InChI=1S/C20H24N2O5S/c1-11-5-7-12(8-6-11)16(24)21-14-17(25)22-15(19(26)27-20(2,3)4)13(9-23)10-28-18(14)22/h5-8,14,18,23H,9-10H2,1-4H3,(H,21,24)/t14-,18-/m0/s1. The quantitative estimate of drug-likeness (QED) is 0.585. The average molecular weight is 404 g/mol. The lowest BCUT2D eigenvalue weighted by Gasteiger charge is -2.49. The normalized spacial score (nSPS) is 21.8. The molecule has 8 heteroatoms. The Labute approximate surface area is 168 Å². The molecule has 150 valence electrons. The average Bonchev–Trinajstić information content (AvgIpc) is 2.63. The second-order valence-corrected chi connectivity index (χ2v) is 8.94. The minimum atomic E-state index is -0.725. The molecule has 1 aromatic rings. The molecule has 3 rings (SSSR count). The molecule has 28 heavy (non-hydrogen) atoms. The Bertz CT molecular complexity index is 841. The lowest BCUT2D eigenvalue weighted by atomic mass is 10.0. The Kier molecular flexibility index (Phi) is 5.54. The highest BCUT2D eigenvalue weighted by Crippen LogP contribution is 2.41. The van der Waals surface area contributed by atoms with Crippen molar-refractivity contribution < 1.29 is 24.2 Å². The van der Waals surface area contributed by atoms with E-state index in [4.69, 9.17) is 4.74 Å². The summed E-state index contributed by atoms with van der Waals surface area (Å²) in [5, 5.41) is 12.0. The van der Waals surface area contributed by atoms with Gasteiger partial charge < -0.3 is 15.2 Å². The second kappa shape index (κ2) is 7.60. The minimum Gasteiger partial charge on any atom is -0.455 e. The van der Waals surface area contributed by atoms with E-state index >= 15 is 0 Å². The molecule has 2 aliphatic rings. The van der Waals surface area contributed by atoms with Gasteiger partial charge in [-0.05, 0) is 45.4 Å². The number of thioether (sulfide) groups is 1. The number of nitrogens with one attached hydrogen (secondary N) is 1. The Morgan fingerprint density at radius 1 is 1.29 bits per heavy atom. The summed E-state index contributed by atoms with van der Waals surface area (Å²) in [7, 11) is 0. The van der Waals surface area contributed by atoms with Gasteiger partial charge in [-0.1, -0.05) is 17.7 Å². The largest absolute Gasteiger partial charge is 0.455 e. The van der Waals surface area contributed by atoms with Gasteiger partial charge in [0.05, 0.1) is 6.61 Å². The van der Waals surface area contributed by atoms with Crippen molar-refractivity contribution in [2.24, 2.45) is 0 Å². The summed E-state index contributed by atoms with van der Waals surface area (Å²) < 4.78 is 5.41. The number of aliphatic hydroxyl groups excluding tert-OH is 1. The van der Waals surface area contributed by atoms with E-state index in [1.165, 1.54) is 16.7 Å². The molecule has 1 saturated heterocycles. The van der Waals surface area contributed by atoms with Gasteiger partial charge in [0, 0.05) is 11.3 Å². The molecule has 7 nitrogen and oxygen atoms in total. The molecular formula is C20H24N2O5S. The van der Waals surface area contributed by atoms with Gasteiger partial charge in [0.2, 0.25) is 0 Å². The predicted molar refractivity (Wildman–Crippen MR) is 105 cm³/mol. The number of carbonyl (C=O) groups is 3. The molecule has 0 aromatic heterocycles. The molecule has 2 aliphatic heterocycles. The number of ether oxygens (including phenoxy) is 1. The molecule has 2 heterocycles. The van der Waals surface area contributed by atoms with Crippen LogP contribution in [0.1, 0.15) is 36.7 Å². The third-order valence-electron chi connectivity index (χ3n) is 4.43. The fraction of sp³-hybridized carbons (Fsp3) is 0.450. The first kappa shape index (κ1) is 20.4. The highest BCUT2D eigenvalue weighted by molar-refractivity contribution is 8.00. The first-order valence-electron chi connectivity index (χ1n) is 9.01. The van der Waals surface area contributed by atoms with E-state index in [2.05, 4.69) is 5.32 Å². The summed E-state index contributed by atoms with van der Waals surface area (Å²) in [6, 6.07) is 6.34. The Morgan fingerprint density at radius 2 is 1.93 bits per heavy atom. The molecule has 0 unspecified atom stereocenters. The zero-order chi connectivity index (χ0) is 20.6. The number of hydrogen-bond donors (Lipinski definition) is 2. The number of carbonyl (C=O) groups excluding carboxylic acids is 3. The topological polar surface area (TPSA) is 95.9 Å². The predicted octanol–water partition coefficient (Wildman–Crippen LogP) is 1.60. The van der Waals surface area contributed by atoms with E-state index in [0.717, 1.165) is 5.56 Å². The van der Waals surface area contributed by atoms with Crippen LogP contribution < -0.4 is 5.32 Å². The number of hydrogen-bond acceptors (Lipinski definition) is 6. The van der Waals surface area contributed by atoms with Gasteiger partial charge >= 0.3 is 5.97 Å². The van der Waals surface area contributed by atoms with Gasteiger partial charge in [0.25, 0.3) is 11.8 Å². The van der Waals surface area contributed by atoms with E-state index in [1.807, 2.05) is 19.1 Å². The molecular weight excluding hydrogens is 380 g/mol. The second-order valence-electron chi connectivity index (χ2n) is 7.84. The number of aryl methyl sites for hydroxylation is 1. The summed E-state index contributed by atoms with van der Waals surface area (Å²) in [6.07, 6.45) is 0. The van der Waals surface area contributed by atoms with Crippen molar-refractivity contribution in [3.63, 3.8) is 0 Å². The maximum atomic E-state index is 12.7. The number of β-lactam (4-membered cyclic amide) rings is 1. The zero-order valence-corrected chi connectivity index (χ0v) is 17.1. The summed E-state index contributed by atoms with van der Waals surface area (Å²) in [6.45, 7) is 6.81. The monoisotopic (exact) mass is 404 g/mol. The number of rotatable bonds is 4. The SMILES string of the molecule is Cc1ccc(C(=O)N[C@H]2C(=O)N3C(C(=O)OC(C)(C)C)=C(CO)CS[C@@H]23)cc1. The lowest BCUT2D eigenvalue weighted by Crippen LogP contribution is -2.70. The first-order valence-corrected chi connectivity index (χ1v) is 10.1. The number of amides is 2. The van der Waals surface area contributed by atoms with E-state index in [9.17, 15) is 19.5 Å². The molecule has 2 N–H and O–H groups in total. The van der Waals surface area contributed by atoms with Crippen LogP contribution in [-0.4, -0.2) is 57.2 Å². The van der Waals surface area contributed by atoms with Crippen LogP contribution in [-0.2, 0) is 14.3 Å². The van der Waals surface area contributed by atoms with E-state index < -0.39 is 23.0 Å². The van der Waals surface area contributed by atoms with Crippen molar-refractivity contribution in [3.05, 3.63) is 46.7 Å². The van der Waals surface area contributed by atoms with Crippen molar-refractivity contribution in [1.29, 1.82) is 0 Å². The third kappa shape index (κ3) is 3.93. The maximum absolute atomic E-state index is 12.7. The molecule has 2 amide bonds. The minimum absolute atomic E-state index is 0.0898. The van der Waals surface area contributed by atoms with Crippen LogP contribution in [0, 0.1) is 6.92 Å². The molecule has 0 radical (unpaired) electrons. The fourth-order valence-electron chi connectivity index (χ4n) is 3.05. The molecule has 0 bridgehead atoms. The van der Waals surface area contributed by atoms with Crippen LogP contribution in [0.5, 0.6) is 0 Å².